The van der Waals surface area contributed by atoms with Crippen molar-refractivity contribution >= 4 is 29.4 Å². The Morgan fingerprint density at radius 3 is 2.56 bits per heavy atom. The van der Waals surface area contributed by atoms with Crippen LogP contribution in [0.15, 0.2) is 79.1 Å². The molecule has 0 aliphatic rings. The molecule has 0 atom stereocenters. The first-order chi connectivity index (χ1) is 19.6. The van der Waals surface area contributed by atoms with Crippen molar-refractivity contribution < 1.29 is 22.8 Å². The molecule has 12 heteroatoms. The Kier molecular flexibility index (Phi) is 9.25. The molecule has 0 spiro atoms. The van der Waals surface area contributed by atoms with Crippen LogP contribution in [0.3, 0.4) is 0 Å². The highest BCUT2D eigenvalue weighted by Gasteiger charge is 2.30. The molecular formula is C29H28F3N7O2. The highest BCUT2D eigenvalue weighted by atomic mass is 19.4. The second-order valence-electron chi connectivity index (χ2n) is 9.44. The number of aromatic nitrogens is 4. The first-order valence-electron chi connectivity index (χ1n) is 12.7. The molecule has 0 saturated heterocycles. The lowest BCUT2D eigenvalue weighted by atomic mass is 10.1. The number of amides is 2. The SMILES string of the molecule is CN(C)CCCn1cc(-c2ccc(NC(=O)/C=C/c3cccc(C(=O)Nc4cccc(C(F)(F)F)c4)c3)nc2)nn1. The maximum absolute atomic E-state index is 12.9. The second-order valence-corrected chi connectivity index (χ2v) is 9.44. The summed E-state index contributed by atoms with van der Waals surface area (Å²) in [6.45, 7) is 1.70. The minimum absolute atomic E-state index is 0.0216. The van der Waals surface area contributed by atoms with Crippen molar-refractivity contribution in [2.75, 3.05) is 31.3 Å². The Morgan fingerprint density at radius 1 is 1.02 bits per heavy atom. The van der Waals surface area contributed by atoms with Gasteiger partial charge < -0.3 is 15.5 Å². The number of aryl methyl sites for hydroxylation is 1. The van der Waals surface area contributed by atoms with Crippen LogP contribution in [0.2, 0.25) is 0 Å². The van der Waals surface area contributed by atoms with Crippen LogP contribution >= 0.6 is 0 Å². The summed E-state index contributed by atoms with van der Waals surface area (Å²) >= 11 is 0. The average molecular weight is 564 g/mol. The molecule has 2 aromatic carbocycles. The number of benzene rings is 2. The average Bonchev–Trinajstić information content (AvgIpc) is 3.41. The molecule has 41 heavy (non-hydrogen) atoms. The van der Waals surface area contributed by atoms with E-state index in [1.54, 1.807) is 35.1 Å². The molecule has 4 aromatic rings. The standard InChI is InChI=1S/C29H28F3N7O2/c1-38(2)14-5-15-39-19-25(36-37-39)22-11-12-26(33-18-22)35-27(40)13-10-20-6-3-7-21(16-20)28(41)34-24-9-4-8-23(17-24)29(30,31)32/h3-4,6-13,16-19H,5,14-15H2,1-2H3,(H,34,41)(H,33,35,40)/b13-10+. The van der Waals surface area contributed by atoms with E-state index in [0.717, 1.165) is 37.2 Å². The number of rotatable bonds is 10. The van der Waals surface area contributed by atoms with Crippen molar-refractivity contribution in [3.05, 3.63) is 95.8 Å². The number of anilines is 2. The monoisotopic (exact) mass is 563 g/mol. The fraction of sp³-hybridized carbons (Fsp3) is 0.207. The molecule has 0 fully saturated rings. The summed E-state index contributed by atoms with van der Waals surface area (Å²) in [5.74, 6) is -0.672. The predicted molar refractivity (Wildman–Crippen MR) is 150 cm³/mol. The zero-order valence-corrected chi connectivity index (χ0v) is 22.4. The van der Waals surface area contributed by atoms with Crippen LogP contribution in [0.5, 0.6) is 0 Å². The topological polar surface area (TPSA) is 105 Å². The molecule has 0 saturated carbocycles. The normalized spacial score (nSPS) is 11.7. The summed E-state index contributed by atoms with van der Waals surface area (Å²) in [7, 11) is 4.03. The van der Waals surface area contributed by atoms with E-state index in [2.05, 4.69) is 30.8 Å². The summed E-state index contributed by atoms with van der Waals surface area (Å²) in [5.41, 5.74) is 1.37. The van der Waals surface area contributed by atoms with Crippen LogP contribution in [0.4, 0.5) is 24.7 Å². The van der Waals surface area contributed by atoms with E-state index in [0.29, 0.717) is 17.1 Å². The number of carbonyl (C=O) groups excluding carboxylic acids is 2. The van der Waals surface area contributed by atoms with Crippen LogP contribution in [0.25, 0.3) is 17.3 Å². The third-order valence-corrected chi connectivity index (χ3v) is 5.87. The van der Waals surface area contributed by atoms with Gasteiger partial charge in [-0.1, -0.05) is 23.4 Å². The fourth-order valence-electron chi connectivity index (χ4n) is 3.81. The number of pyridine rings is 1. The number of carbonyl (C=O) groups is 2. The van der Waals surface area contributed by atoms with Gasteiger partial charge in [-0.15, -0.1) is 5.10 Å². The van der Waals surface area contributed by atoms with Gasteiger partial charge >= 0.3 is 6.18 Å². The summed E-state index contributed by atoms with van der Waals surface area (Å²) < 4.78 is 40.6. The molecule has 2 N–H and O–H groups in total. The van der Waals surface area contributed by atoms with Gasteiger partial charge in [0.1, 0.15) is 11.5 Å². The van der Waals surface area contributed by atoms with Gasteiger partial charge in [0.05, 0.1) is 11.8 Å². The molecule has 4 rings (SSSR count). The van der Waals surface area contributed by atoms with E-state index in [1.807, 2.05) is 20.3 Å². The molecule has 212 valence electrons. The molecule has 0 aliphatic carbocycles. The Balaban J connectivity index is 1.32. The summed E-state index contributed by atoms with van der Waals surface area (Å²) in [5, 5.41) is 13.5. The minimum atomic E-state index is -4.52. The van der Waals surface area contributed by atoms with Crippen molar-refractivity contribution in [2.24, 2.45) is 0 Å². The van der Waals surface area contributed by atoms with Gasteiger partial charge in [-0.05, 0) is 81.2 Å². The van der Waals surface area contributed by atoms with Crippen LogP contribution in [0.1, 0.15) is 27.9 Å². The zero-order valence-electron chi connectivity index (χ0n) is 22.4. The smallest absolute Gasteiger partial charge is 0.322 e. The number of nitrogens with one attached hydrogen (secondary N) is 2. The second kappa shape index (κ2) is 13.0. The number of nitrogens with zero attached hydrogens (tertiary/aromatic N) is 5. The molecule has 0 radical (unpaired) electrons. The molecule has 2 heterocycles. The summed E-state index contributed by atoms with van der Waals surface area (Å²) in [6.07, 6.45) is 2.68. The van der Waals surface area contributed by atoms with Gasteiger partial charge in [0.25, 0.3) is 5.91 Å². The van der Waals surface area contributed by atoms with Crippen molar-refractivity contribution in [1.29, 1.82) is 0 Å². The zero-order chi connectivity index (χ0) is 29.4. The molecule has 0 unspecified atom stereocenters. The van der Waals surface area contributed by atoms with Gasteiger partial charge in [0.2, 0.25) is 5.91 Å². The maximum Gasteiger partial charge on any atom is 0.416 e. The van der Waals surface area contributed by atoms with Gasteiger partial charge in [0.15, 0.2) is 0 Å². The number of hydrogen-bond donors (Lipinski definition) is 2. The lowest BCUT2D eigenvalue weighted by Gasteiger charge is -2.10. The van der Waals surface area contributed by atoms with Crippen molar-refractivity contribution in [3.63, 3.8) is 0 Å². The van der Waals surface area contributed by atoms with Crippen LogP contribution < -0.4 is 10.6 Å². The Hall–Kier alpha value is -4.84. The Labute approximate surface area is 234 Å². The lowest BCUT2D eigenvalue weighted by molar-refractivity contribution is -0.137. The van der Waals surface area contributed by atoms with Crippen LogP contribution in [0, 0.1) is 0 Å². The highest BCUT2D eigenvalue weighted by molar-refractivity contribution is 6.05. The highest BCUT2D eigenvalue weighted by Crippen LogP contribution is 2.30. The molecule has 0 aliphatic heterocycles. The van der Waals surface area contributed by atoms with Gasteiger partial charge in [-0.3, -0.25) is 14.3 Å². The largest absolute Gasteiger partial charge is 0.416 e. The van der Waals surface area contributed by atoms with E-state index in [1.165, 1.54) is 36.4 Å². The quantitative estimate of drug-likeness (QED) is 0.257. The maximum atomic E-state index is 12.9. The van der Waals surface area contributed by atoms with Gasteiger partial charge in [0, 0.05) is 35.6 Å². The van der Waals surface area contributed by atoms with E-state index in [9.17, 15) is 22.8 Å². The van der Waals surface area contributed by atoms with E-state index < -0.39 is 23.6 Å². The lowest BCUT2D eigenvalue weighted by Crippen LogP contribution is -2.15. The summed E-state index contributed by atoms with van der Waals surface area (Å²) in [6, 6.07) is 14.2. The van der Waals surface area contributed by atoms with E-state index >= 15 is 0 Å². The van der Waals surface area contributed by atoms with Crippen LogP contribution in [-0.4, -0.2) is 57.3 Å². The van der Waals surface area contributed by atoms with Gasteiger partial charge in [-0.25, -0.2) is 4.98 Å². The fourth-order valence-corrected chi connectivity index (χ4v) is 3.81. The van der Waals surface area contributed by atoms with Crippen LogP contribution in [-0.2, 0) is 17.5 Å². The Morgan fingerprint density at radius 2 is 1.83 bits per heavy atom. The minimum Gasteiger partial charge on any atom is -0.322 e. The summed E-state index contributed by atoms with van der Waals surface area (Å²) in [4.78, 5) is 31.4. The number of alkyl halides is 3. The molecular weight excluding hydrogens is 535 g/mol. The molecule has 9 nitrogen and oxygen atoms in total. The third-order valence-electron chi connectivity index (χ3n) is 5.87. The molecule has 2 aromatic heterocycles. The molecule has 0 bridgehead atoms. The van der Waals surface area contributed by atoms with Gasteiger partial charge in [-0.2, -0.15) is 13.2 Å². The first-order valence-corrected chi connectivity index (χ1v) is 12.7. The first kappa shape index (κ1) is 29.2. The Bertz CT molecular complexity index is 1530. The van der Waals surface area contributed by atoms with Crippen molar-refractivity contribution in [2.45, 2.75) is 19.1 Å². The number of halogens is 3. The molecule has 2 amide bonds. The van der Waals surface area contributed by atoms with E-state index in [-0.39, 0.29) is 11.3 Å². The van der Waals surface area contributed by atoms with Crippen molar-refractivity contribution in [1.82, 2.24) is 24.9 Å². The number of hydrogen-bond acceptors (Lipinski definition) is 6. The predicted octanol–water partition coefficient (Wildman–Crippen LogP) is 5.21. The third kappa shape index (κ3) is 8.57. The van der Waals surface area contributed by atoms with E-state index in [4.69, 9.17) is 0 Å². The van der Waals surface area contributed by atoms with Crippen molar-refractivity contribution in [3.8, 4) is 11.3 Å².